The topological polar surface area (TPSA) is 88.6 Å². The number of furan rings is 1. The highest BCUT2D eigenvalue weighted by atomic mass is 16.4. The van der Waals surface area contributed by atoms with E-state index in [0.717, 1.165) is 28.2 Å². The van der Waals surface area contributed by atoms with Crippen LogP contribution < -0.4 is 0 Å². The normalized spacial score (nSPS) is 10.9. The number of carboxylic acid groups (broad SMARTS) is 1. The van der Waals surface area contributed by atoms with Crippen LogP contribution in [0.25, 0.3) is 5.69 Å². The maximum absolute atomic E-state index is 13.0. The molecule has 3 rings (SSSR count). The van der Waals surface area contributed by atoms with Crippen molar-refractivity contribution in [2.24, 2.45) is 0 Å². The van der Waals surface area contributed by atoms with Crippen LogP contribution >= 0.6 is 0 Å². The molecule has 0 atom stereocenters. The predicted molar refractivity (Wildman–Crippen MR) is 108 cm³/mol. The minimum atomic E-state index is -1.04. The van der Waals surface area contributed by atoms with Gasteiger partial charge in [0.2, 0.25) is 0 Å². The Morgan fingerprint density at radius 1 is 1.14 bits per heavy atom. The lowest BCUT2D eigenvalue weighted by atomic mass is 10.1. The Labute approximate surface area is 169 Å². The van der Waals surface area contributed by atoms with E-state index in [1.165, 1.54) is 6.26 Å². The molecule has 1 N–H and O–H groups in total. The summed E-state index contributed by atoms with van der Waals surface area (Å²) >= 11 is 0. The second-order valence-electron chi connectivity index (χ2n) is 7.30. The Bertz CT molecular complexity index is 1080. The van der Waals surface area contributed by atoms with E-state index in [1.807, 2.05) is 49.7 Å². The molecule has 7 nitrogen and oxygen atoms in total. The van der Waals surface area contributed by atoms with Crippen molar-refractivity contribution < 1.29 is 19.1 Å². The Morgan fingerprint density at radius 3 is 2.48 bits per heavy atom. The van der Waals surface area contributed by atoms with Gasteiger partial charge in [-0.1, -0.05) is 18.2 Å². The zero-order chi connectivity index (χ0) is 21.3. The molecule has 0 fully saturated rings. The maximum atomic E-state index is 13.0. The van der Waals surface area contributed by atoms with Gasteiger partial charge < -0.3 is 14.4 Å². The molecule has 1 aromatic carbocycles. The van der Waals surface area contributed by atoms with Crippen LogP contribution in [0.2, 0.25) is 0 Å². The molecule has 0 aliphatic carbocycles. The van der Waals surface area contributed by atoms with Crippen molar-refractivity contribution in [3.63, 3.8) is 0 Å². The SMILES string of the molecule is Cc1ccccc1-n1nc(C)c(CN(C)C(=O)c2c(C)coc2CC(=O)O)c1C. The van der Waals surface area contributed by atoms with Crippen molar-refractivity contribution in [2.45, 2.75) is 40.7 Å². The first-order valence-electron chi connectivity index (χ1n) is 9.36. The molecule has 0 radical (unpaired) electrons. The lowest BCUT2D eigenvalue weighted by Crippen LogP contribution is -2.28. The Balaban J connectivity index is 1.90. The molecule has 3 aromatic rings. The average molecular weight is 395 g/mol. The summed E-state index contributed by atoms with van der Waals surface area (Å²) in [6.07, 6.45) is 1.10. The molecule has 7 heteroatoms. The predicted octanol–water partition coefficient (Wildman–Crippen LogP) is 3.60. The Kier molecular flexibility index (Phi) is 5.59. The minimum absolute atomic E-state index is 0.177. The lowest BCUT2D eigenvalue weighted by molar-refractivity contribution is -0.136. The van der Waals surface area contributed by atoms with Gasteiger partial charge in [0.15, 0.2) is 0 Å². The summed E-state index contributed by atoms with van der Waals surface area (Å²) in [5.74, 6) is -1.13. The lowest BCUT2D eigenvalue weighted by Gasteiger charge is -2.18. The van der Waals surface area contributed by atoms with E-state index in [2.05, 4.69) is 5.10 Å². The quantitative estimate of drug-likeness (QED) is 0.689. The van der Waals surface area contributed by atoms with Crippen LogP contribution in [-0.4, -0.2) is 38.7 Å². The van der Waals surface area contributed by atoms with E-state index >= 15 is 0 Å². The molecule has 2 heterocycles. The molecule has 0 saturated heterocycles. The number of amides is 1. The third-order valence-corrected chi connectivity index (χ3v) is 5.10. The van der Waals surface area contributed by atoms with Gasteiger partial charge in [0.1, 0.15) is 12.2 Å². The van der Waals surface area contributed by atoms with Gasteiger partial charge in [-0.25, -0.2) is 4.68 Å². The van der Waals surface area contributed by atoms with Crippen molar-refractivity contribution in [3.05, 3.63) is 69.9 Å². The third kappa shape index (κ3) is 3.94. The summed E-state index contributed by atoms with van der Waals surface area (Å²) in [7, 11) is 1.70. The Hall–Kier alpha value is -3.35. The molecule has 0 aliphatic heterocycles. The molecule has 0 bridgehead atoms. The fourth-order valence-electron chi connectivity index (χ4n) is 3.49. The highest BCUT2D eigenvalue weighted by Crippen LogP contribution is 2.24. The van der Waals surface area contributed by atoms with E-state index in [4.69, 9.17) is 9.52 Å². The van der Waals surface area contributed by atoms with Crippen molar-refractivity contribution >= 4 is 11.9 Å². The monoisotopic (exact) mass is 395 g/mol. The molecule has 0 saturated carbocycles. The Morgan fingerprint density at radius 2 is 1.83 bits per heavy atom. The highest BCUT2D eigenvalue weighted by Gasteiger charge is 2.25. The summed E-state index contributed by atoms with van der Waals surface area (Å²) in [5, 5.41) is 13.7. The van der Waals surface area contributed by atoms with Gasteiger partial charge in [0, 0.05) is 30.4 Å². The van der Waals surface area contributed by atoms with Crippen LogP contribution in [0.4, 0.5) is 0 Å². The summed E-state index contributed by atoms with van der Waals surface area (Å²) in [6.45, 7) is 8.04. The molecule has 29 heavy (non-hydrogen) atoms. The number of hydrogen-bond acceptors (Lipinski definition) is 4. The molecular formula is C22H25N3O4. The number of carbonyl (C=O) groups excluding carboxylic acids is 1. The zero-order valence-electron chi connectivity index (χ0n) is 17.3. The van der Waals surface area contributed by atoms with E-state index in [0.29, 0.717) is 17.7 Å². The zero-order valence-corrected chi connectivity index (χ0v) is 17.3. The molecular weight excluding hydrogens is 370 g/mol. The smallest absolute Gasteiger partial charge is 0.311 e. The third-order valence-electron chi connectivity index (χ3n) is 5.10. The van der Waals surface area contributed by atoms with Crippen molar-refractivity contribution in [1.29, 1.82) is 0 Å². The van der Waals surface area contributed by atoms with E-state index in [1.54, 1.807) is 18.9 Å². The number of carbonyl (C=O) groups is 2. The van der Waals surface area contributed by atoms with Crippen LogP contribution in [0.5, 0.6) is 0 Å². The summed E-state index contributed by atoms with van der Waals surface area (Å²) in [4.78, 5) is 25.7. The number of aliphatic carboxylic acids is 1. The van der Waals surface area contributed by atoms with Gasteiger partial charge in [0.25, 0.3) is 5.91 Å². The van der Waals surface area contributed by atoms with Crippen LogP contribution in [0.15, 0.2) is 34.9 Å². The summed E-state index contributed by atoms with van der Waals surface area (Å²) in [5.41, 5.74) is 5.83. The number of rotatable bonds is 6. The van der Waals surface area contributed by atoms with Gasteiger partial charge in [-0.2, -0.15) is 5.10 Å². The number of carboxylic acids is 1. The maximum Gasteiger partial charge on any atom is 0.311 e. The van der Waals surface area contributed by atoms with Crippen molar-refractivity contribution in [1.82, 2.24) is 14.7 Å². The summed E-state index contributed by atoms with van der Waals surface area (Å²) in [6, 6.07) is 8.01. The fraction of sp³-hybridized carbons (Fsp3) is 0.318. The van der Waals surface area contributed by atoms with Gasteiger partial charge >= 0.3 is 5.97 Å². The largest absolute Gasteiger partial charge is 0.481 e. The molecule has 0 unspecified atom stereocenters. The number of para-hydroxylation sites is 1. The van der Waals surface area contributed by atoms with Crippen molar-refractivity contribution in [2.75, 3.05) is 7.05 Å². The number of aromatic nitrogens is 2. The van der Waals surface area contributed by atoms with Gasteiger partial charge in [-0.3, -0.25) is 9.59 Å². The van der Waals surface area contributed by atoms with Crippen LogP contribution in [0.3, 0.4) is 0 Å². The number of aryl methyl sites for hydroxylation is 3. The second-order valence-corrected chi connectivity index (χ2v) is 7.30. The van der Waals surface area contributed by atoms with Gasteiger partial charge in [-0.05, 0) is 39.3 Å². The van der Waals surface area contributed by atoms with Gasteiger partial charge in [-0.15, -0.1) is 0 Å². The first-order chi connectivity index (χ1) is 13.7. The van der Waals surface area contributed by atoms with Crippen molar-refractivity contribution in [3.8, 4) is 5.69 Å². The average Bonchev–Trinajstić information content (AvgIpc) is 3.15. The molecule has 1 amide bonds. The van der Waals surface area contributed by atoms with E-state index < -0.39 is 5.97 Å². The molecule has 0 spiro atoms. The minimum Gasteiger partial charge on any atom is -0.481 e. The van der Waals surface area contributed by atoms with E-state index in [9.17, 15) is 9.59 Å². The first kappa shape index (κ1) is 20.4. The van der Waals surface area contributed by atoms with E-state index in [-0.39, 0.29) is 18.1 Å². The molecule has 0 aliphatic rings. The molecule has 152 valence electrons. The standard InChI is InChI=1S/C22H25N3O4/c1-13-8-6-7-9-18(13)25-16(4)17(15(3)23-25)11-24(5)22(28)21-14(2)12-29-19(21)10-20(26)27/h6-9,12H,10-11H2,1-5H3,(H,26,27). The number of nitrogens with zero attached hydrogens (tertiary/aromatic N) is 3. The highest BCUT2D eigenvalue weighted by molar-refractivity contribution is 5.97. The van der Waals surface area contributed by atoms with Gasteiger partial charge in [0.05, 0.1) is 23.2 Å². The fourth-order valence-corrected chi connectivity index (χ4v) is 3.49. The second kappa shape index (κ2) is 7.95. The van der Waals surface area contributed by atoms with Crippen LogP contribution in [0, 0.1) is 27.7 Å². The number of hydrogen-bond donors (Lipinski definition) is 1. The molecule has 2 aromatic heterocycles. The van der Waals surface area contributed by atoms with Crippen LogP contribution in [-0.2, 0) is 17.8 Å². The number of benzene rings is 1. The first-order valence-corrected chi connectivity index (χ1v) is 9.36. The van der Waals surface area contributed by atoms with Crippen LogP contribution in [0.1, 0.15) is 44.2 Å². The summed E-state index contributed by atoms with van der Waals surface area (Å²) < 4.78 is 7.21.